The maximum absolute atomic E-state index is 12.2. The van der Waals surface area contributed by atoms with Crippen LogP contribution in [0.5, 0.6) is 5.75 Å². The van der Waals surface area contributed by atoms with Crippen LogP contribution in [0.4, 0.5) is 0 Å². The molecule has 0 aliphatic carbocycles. The molecule has 0 fully saturated rings. The minimum Gasteiger partial charge on any atom is -0.494 e. The normalized spacial score (nSPS) is 18.1. The highest BCUT2D eigenvalue weighted by molar-refractivity contribution is 7.88. The van der Waals surface area contributed by atoms with E-state index in [4.69, 9.17) is 4.74 Å². The SMILES string of the molecule is CCOc1ccccc1[C@H]1CC(c2cccs2)=NN1S(C)(=O)=O. The fraction of sp³-hybridized carbons (Fsp3) is 0.312. The average molecular weight is 350 g/mol. The number of sulfonamides is 1. The van der Waals surface area contributed by atoms with E-state index in [0.717, 1.165) is 16.2 Å². The van der Waals surface area contributed by atoms with Crippen molar-refractivity contribution in [3.8, 4) is 5.75 Å². The molecule has 2 aromatic rings. The standard InChI is InChI=1S/C16H18N2O3S2/c1-3-21-15-8-5-4-7-12(15)14-11-13(16-9-6-10-22-16)17-18(14)23(2,19)20/h4-10,14H,3,11H2,1-2H3/t14-/m1/s1. The molecule has 3 rings (SSSR count). The van der Waals surface area contributed by atoms with Gasteiger partial charge in [-0.1, -0.05) is 24.3 Å². The van der Waals surface area contributed by atoms with Gasteiger partial charge in [-0.15, -0.1) is 11.3 Å². The van der Waals surface area contributed by atoms with E-state index in [0.29, 0.717) is 18.8 Å². The molecule has 0 saturated heterocycles. The van der Waals surface area contributed by atoms with Gasteiger partial charge in [-0.3, -0.25) is 0 Å². The molecule has 7 heteroatoms. The number of hydrogen-bond donors (Lipinski definition) is 0. The lowest BCUT2D eigenvalue weighted by Crippen LogP contribution is -2.26. The van der Waals surface area contributed by atoms with Crippen LogP contribution in [0.2, 0.25) is 0 Å². The van der Waals surface area contributed by atoms with Gasteiger partial charge in [0.1, 0.15) is 5.75 Å². The molecule has 0 radical (unpaired) electrons. The van der Waals surface area contributed by atoms with Crippen LogP contribution in [0, 0.1) is 0 Å². The third-order valence-electron chi connectivity index (χ3n) is 3.60. The van der Waals surface area contributed by atoms with Crippen LogP contribution in [-0.4, -0.2) is 31.4 Å². The van der Waals surface area contributed by atoms with Crippen molar-refractivity contribution in [1.29, 1.82) is 0 Å². The van der Waals surface area contributed by atoms with E-state index >= 15 is 0 Å². The first-order valence-corrected chi connectivity index (χ1v) is 10.1. The Labute approximate surface area is 140 Å². The largest absolute Gasteiger partial charge is 0.494 e. The molecule has 5 nitrogen and oxygen atoms in total. The molecule has 1 aliphatic rings. The summed E-state index contributed by atoms with van der Waals surface area (Å²) in [4.78, 5) is 0.995. The number of para-hydroxylation sites is 1. The molecule has 0 spiro atoms. The van der Waals surface area contributed by atoms with Gasteiger partial charge >= 0.3 is 0 Å². The first kappa shape index (κ1) is 16.0. The van der Waals surface area contributed by atoms with Crippen molar-refractivity contribution in [1.82, 2.24) is 4.41 Å². The van der Waals surface area contributed by atoms with E-state index in [1.54, 1.807) is 11.3 Å². The van der Waals surface area contributed by atoms with E-state index in [9.17, 15) is 8.42 Å². The average Bonchev–Trinajstić information content (AvgIpc) is 3.17. The summed E-state index contributed by atoms with van der Waals surface area (Å²) in [6.45, 7) is 2.44. The highest BCUT2D eigenvalue weighted by Crippen LogP contribution is 2.39. The molecule has 1 aliphatic heterocycles. The summed E-state index contributed by atoms with van der Waals surface area (Å²) in [5, 5.41) is 6.34. The highest BCUT2D eigenvalue weighted by atomic mass is 32.2. The quantitative estimate of drug-likeness (QED) is 0.832. The maximum atomic E-state index is 12.2. The van der Waals surface area contributed by atoms with Gasteiger partial charge in [0.2, 0.25) is 10.0 Å². The molecule has 1 aromatic carbocycles. The number of rotatable bonds is 5. The number of benzene rings is 1. The van der Waals surface area contributed by atoms with Crippen molar-refractivity contribution in [3.63, 3.8) is 0 Å². The topological polar surface area (TPSA) is 59.0 Å². The minimum absolute atomic E-state index is 0.371. The van der Waals surface area contributed by atoms with Crippen LogP contribution in [0.15, 0.2) is 46.9 Å². The first-order chi connectivity index (χ1) is 11.0. The van der Waals surface area contributed by atoms with Crippen molar-refractivity contribution in [2.75, 3.05) is 12.9 Å². The van der Waals surface area contributed by atoms with Gasteiger partial charge < -0.3 is 4.74 Å². The Morgan fingerprint density at radius 2 is 2.09 bits per heavy atom. The fourth-order valence-electron chi connectivity index (χ4n) is 2.66. The predicted molar refractivity (Wildman–Crippen MR) is 92.5 cm³/mol. The van der Waals surface area contributed by atoms with Gasteiger partial charge in [0.05, 0.1) is 29.5 Å². The van der Waals surface area contributed by atoms with Gasteiger partial charge in [-0.2, -0.15) is 9.52 Å². The van der Waals surface area contributed by atoms with Crippen molar-refractivity contribution in [3.05, 3.63) is 52.2 Å². The molecule has 23 heavy (non-hydrogen) atoms. The number of nitrogens with zero attached hydrogens (tertiary/aromatic N) is 2. The van der Waals surface area contributed by atoms with Crippen LogP contribution in [0.25, 0.3) is 0 Å². The molecule has 2 heterocycles. The Hall–Kier alpha value is -1.86. The Kier molecular flexibility index (Phi) is 4.41. The van der Waals surface area contributed by atoms with Crippen LogP contribution in [-0.2, 0) is 10.0 Å². The van der Waals surface area contributed by atoms with E-state index in [1.165, 1.54) is 10.7 Å². The smallest absolute Gasteiger partial charge is 0.247 e. The minimum atomic E-state index is -3.46. The summed E-state index contributed by atoms with van der Waals surface area (Å²) in [6, 6.07) is 11.1. The third kappa shape index (κ3) is 3.25. The molecule has 0 N–H and O–H groups in total. The molecular weight excluding hydrogens is 332 g/mol. The number of hydrazone groups is 1. The summed E-state index contributed by atoms with van der Waals surface area (Å²) in [5.74, 6) is 0.705. The monoisotopic (exact) mass is 350 g/mol. The van der Waals surface area contributed by atoms with E-state index < -0.39 is 10.0 Å². The number of ether oxygens (including phenoxy) is 1. The van der Waals surface area contributed by atoms with Gasteiger partial charge in [0.15, 0.2) is 0 Å². The van der Waals surface area contributed by atoms with E-state index in [1.807, 2.05) is 48.7 Å². The molecule has 0 unspecified atom stereocenters. The molecule has 0 saturated carbocycles. The van der Waals surface area contributed by atoms with Crippen LogP contribution < -0.4 is 4.74 Å². The second kappa shape index (κ2) is 6.33. The third-order valence-corrected chi connectivity index (χ3v) is 5.53. The Morgan fingerprint density at radius 1 is 1.30 bits per heavy atom. The molecule has 1 atom stereocenters. The lowest BCUT2D eigenvalue weighted by molar-refractivity contribution is 0.317. The zero-order chi connectivity index (χ0) is 16.4. The molecule has 1 aromatic heterocycles. The van der Waals surface area contributed by atoms with Crippen molar-refractivity contribution in [2.24, 2.45) is 5.10 Å². The van der Waals surface area contributed by atoms with E-state index in [2.05, 4.69) is 5.10 Å². The van der Waals surface area contributed by atoms with Gasteiger partial charge in [-0.05, 0) is 24.4 Å². The number of thiophene rings is 1. The molecular formula is C16H18N2O3S2. The summed E-state index contributed by atoms with van der Waals surface area (Å²) >= 11 is 1.56. The van der Waals surface area contributed by atoms with Gasteiger partial charge in [-0.25, -0.2) is 8.42 Å². The Bertz CT molecular complexity index is 814. The lowest BCUT2D eigenvalue weighted by atomic mass is 10.0. The summed E-state index contributed by atoms with van der Waals surface area (Å²) < 4.78 is 31.2. The van der Waals surface area contributed by atoms with Gasteiger partial charge in [0.25, 0.3) is 0 Å². The zero-order valence-electron chi connectivity index (χ0n) is 13.0. The second-order valence-corrected chi connectivity index (χ2v) is 8.04. The molecule has 122 valence electrons. The first-order valence-electron chi connectivity index (χ1n) is 7.33. The second-order valence-electron chi connectivity index (χ2n) is 5.25. The predicted octanol–water partition coefficient (Wildman–Crippen LogP) is 3.26. The maximum Gasteiger partial charge on any atom is 0.247 e. The number of hydrogen-bond acceptors (Lipinski definition) is 5. The van der Waals surface area contributed by atoms with Crippen molar-refractivity contribution >= 4 is 27.1 Å². The van der Waals surface area contributed by atoms with Crippen LogP contribution in [0.1, 0.15) is 29.8 Å². The molecule has 0 amide bonds. The summed E-state index contributed by atoms with van der Waals surface area (Å²) in [6.07, 6.45) is 1.72. The molecule has 0 bridgehead atoms. The van der Waals surface area contributed by atoms with Gasteiger partial charge in [0, 0.05) is 12.0 Å². The van der Waals surface area contributed by atoms with Crippen molar-refractivity contribution < 1.29 is 13.2 Å². The summed E-state index contributed by atoms with van der Waals surface area (Å²) in [5.41, 5.74) is 1.64. The Balaban J connectivity index is 2.02. The Morgan fingerprint density at radius 3 is 2.74 bits per heavy atom. The highest BCUT2D eigenvalue weighted by Gasteiger charge is 2.36. The summed E-state index contributed by atoms with van der Waals surface area (Å²) in [7, 11) is -3.46. The van der Waals surface area contributed by atoms with Crippen LogP contribution >= 0.6 is 11.3 Å². The fourth-order valence-corrected chi connectivity index (χ4v) is 4.28. The zero-order valence-corrected chi connectivity index (χ0v) is 14.6. The van der Waals surface area contributed by atoms with Crippen molar-refractivity contribution in [2.45, 2.75) is 19.4 Å². The lowest BCUT2D eigenvalue weighted by Gasteiger charge is -2.23. The van der Waals surface area contributed by atoms with Crippen LogP contribution in [0.3, 0.4) is 0 Å². The van der Waals surface area contributed by atoms with E-state index in [-0.39, 0.29) is 6.04 Å².